The van der Waals surface area contributed by atoms with Crippen LogP contribution < -0.4 is 0 Å². The number of benzene rings is 2. The maximum absolute atomic E-state index is 14.5. The molecule has 0 bridgehead atoms. The predicted molar refractivity (Wildman–Crippen MR) is 103 cm³/mol. The molecule has 1 fully saturated rings. The van der Waals surface area contributed by atoms with Gasteiger partial charge in [0.25, 0.3) is 0 Å². The summed E-state index contributed by atoms with van der Waals surface area (Å²) in [5, 5.41) is 39.9. The molecule has 2 unspecified atom stereocenters. The van der Waals surface area contributed by atoms with E-state index in [1.54, 1.807) is 17.8 Å². The Morgan fingerprint density at radius 2 is 1.82 bits per heavy atom. The lowest BCUT2D eigenvalue weighted by atomic mass is 9.90. The summed E-state index contributed by atoms with van der Waals surface area (Å²) in [6, 6.07) is 12.6. The average Bonchev–Trinajstić information content (AvgIpc) is 3.11. The van der Waals surface area contributed by atoms with Gasteiger partial charge >= 0.3 is 0 Å². The monoisotopic (exact) mass is 406 g/mol. The number of aliphatic hydroxyl groups excluding tert-OH is 4. The zero-order chi connectivity index (χ0) is 19.8. The predicted octanol–water partition coefficient (Wildman–Crippen LogP) is 1.60. The molecule has 2 heterocycles. The van der Waals surface area contributed by atoms with E-state index >= 15 is 0 Å². The van der Waals surface area contributed by atoms with Gasteiger partial charge in [0, 0.05) is 10.1 Å². The van der Waals surface area contributed by atoms with Crippen LogP contribution in [0.15, 0.2) is 47.4 Å². The summed E-state index contributed by atoms with van der Waals surface area (Å²) in [4.78, 5) is 1.22. The molecule has 0 aromatic heterocycles. The normalized spacial score (nSPS) is 32.3. The molecule has 4 rings (SSSR count). The van der Waals surface area contributed by atoms with Crippen LogP contribution in [0, 0.1) is 5.82 Å². The summed E-state index contributed by atoms with van der Waals surface area (Å²) in [5.41, 5.74) is 2.29. The molecule has 0 radical (unpaired) electrons. The number of hydrogen-bond acceptors (Lipinski definition) is 6. The first kappa shape index (κ1) is 19.8. The van der Waals surface area contributed by atoms with Gasteiger partial charge in [-0.1, -0.05) is 30.3 Å². The van der Waals surface area contributed by atoms with Crippen molar-refractivity contribution in [1.29, 1.82) is 0 Å². The van der Waals surface area contributed by atoms with Crippen molar-refractivity contribution in [2.24, 2.45) is 0 Å². The van der Waals surface area contributed by atoms with Gasteiger partial charge < -0.3 is 25.2 Å². The quantitative estimate of drug-likeness (QED) is 0.617. The summed E-state index contributed by atoms with van der Waals surface area (Å²) in [6.07, 6.45) is -4.80. The molecule has 28 heavy (non-hydrogen) atoms. The Hall–Kier alpha value is -1.48. The van der Waals surface area contributed by atoms with Crippen molar-refractivity contribution in [3.63, 3.8) is 0 Å². The summed E-state index contributed by atoms with van der Waals surface area (Å²) >= 11 is 1.73. The SMILES string of the molecule is OC[C@H]1O[C@@H](c2ccc(F)c(CC3Cc4ccccc4S3)c2)[C@H](O)C(O)[C@@H]1O. The second kappa shape index (κ2) is 8.10. The van der Waals surface area contributed by atoms with Crippen LogP contribution in [0.1, 0.15) is 22.8 Å². The van der Waals surface area contributed by atoms with Gasteiger partial charge in [-0.25, -0.2) is 4.39 Å². The van der Waals surface area contributed by atoms with Crippen molar-refractivity contribution in [1.82, 2.24) is 0 Å². The van der Waals surface area contributed by atoms with Gasteiger partial charge in [0.15, 0.2) is 0 Å². The van der Waals surface area contributed by atoms with Crippen LogP contribution in [0.3, 0.4) is 0 Å². The fourth-order valence-corrected chi connectivity index (χ4v) is 5.26. The van der Waals surface area contributed by atoms with Gasteiger partial charge in [0.2, 0.25) is 0 Å². The van der Waals surface area contributed by atoms with E-state index in [2.05, 4.69) is 12.1 Å². The summed E-state index contributed by atoms with van der Waals surface area (Å²) in [6.45, 7) is -0.494. The van der Waals surface area contributed by atoms with E-state index < -0.39 is 37.1 Å². The first-order valence-electron chi connectivity index (χ1n) is 9.31. The third kappa shape index (κ3) is 3.70. The zero-order valence-corrected chi connectivity index (χ0v) is 15.9. The molecule has 150 valence electrons. The number of thioether (sulfide) groups is 1. The van der Waals surface area contributed by atoms with Gasteiger partial charge in [-0.15, -0.1) is 11.8 Å². The molecule has 4 N–H and O–H groups in total. The second-order valence-electron chi connectivity index (χ2n) is 7.36. The number of rotatable bonds is 4. The van der Waals surface area contributed by atoms with E-state index in [0.717, 1.165) is 6.42 Å². The molecule has 0 saturated carbocycles. The average molecular weight is 406 g/mol. The molecule has 0 spiro atoms. The molecule has 2 aromatic rings. The highest BCUT2D eigenvalue weighted by atomic mass is 32.2. The molecule has 0 amide bonds. The highest BCUT2D eigenvalue weighted by Gasteiger charge is 2.44. The Balaban J connectivity index is 1.54. The van der Waals surface area contributed by atoms with Crippen molar-refractivity contribution < 1.29 is 29.6 Å². The van der Waals surface area contributed by atoms with Crippen LogP contribution in [0.5, 0.6) is 0 Å². The van der Waals surface area contributed by atoms with Crippen molar-refractivity contribution in [2.75, 3.05) is 6.61 Å². The minimum Gasteiger partial charge on any atom is -0.394 e. The molecule has 5 nitrogen and oxygen atoms in total. The lowest BCUT2D eigenvalue weighted by Gasteiger charge is -2.40. The maximum atomic E-state index is 14.5. The summed E-state index contributed by atoms with van der Waals surface area (Å²) in [7, 11) is 0. The highest BCUT2D eigenvalue weighted by molar-refractivity contribution is 8.00. The number of hydrogen-bond donors (Lipinski definition) is 4. The first-order valence-corrected chi connectivity index (χ1v) is 10.2. The lowest BCUT2D eigenvalue weighted by molar-refractivity contribution is -0.231. The lowest BCUT2D eigenvalue weighted by Crippen LogP contribution is -2.55. The van der Waals surface area contributed by atoms with Crippen LogP contribution in [-0.2, 0) is 17.6 Å². The topological polar surface area (TPSA) is 90.2 Å². The van der Waals surface area contributed by atoms with Crippen LogP contribution in [0.25, 0.3) is 0 Å². The largest absolute Gasteiger partial charge is 0.394 e. The number of halogens is 1. The standard InChI is InChI=1S/C21H23FO5S/c22-15-6-5-12(21-20(26)19(25)18(24)16(10-23)27-21)7-13(15)9-14-8-11-3-1-2-4-17(11)28-14/h1-7,14,16,18-21,23-26H,8-10H2/t14?,16-,18-,19?,20-,21+/m1/s1. The van der Waals surface area contributed by atoms with Crippen LogP contribution >= 0.6 is 11.8 Å². The van der Waals surface area contributed by atoms with Crippen LogP contribution in [0.2, 0.25) is 0 Å². The third-order valence-corrected chi connectivity index (χ3v) is 6.77. The Bertz CT molecular complexity index is 820. The number of aliphatic hydroxyl groups is 4. The Morgan fingerprint density at radius 3 is 2.57 bits per heavy atom. The molecular weight excluding hydrogens is 383 g/mol. The minimum atomic E-state index is -1.45. The van der Waals surface area contributed by atoms with Gasteiger partial charge in [0.1, 0.15) is 36.3 Å². The van der Waals surface area contributed by atoms with Crippen molar-refractivity contribution >= 4 is 11.8 Å². The van der Waals surface area contributed by atoms with Crippen molar-refractivity contribution in [2.45, 2.75) is 53.5 Å². The Labute approximate surface area is 166 Å². The van der Waals surface area contributed by atoms with Crippen LogP contribution in [0.4, 0.5) is 4.39 Å². The van der Waals surface area contributed by atoms with Crippen molar-refractivity contribution in [3.8, 4) is 0 Å². The van der Waals surface area contributed by atoms with E-state index in [0.29, 0.717) is 17.5 Å². The Kier molecular flexibility index (Phi) is 5.73. The maximum Gasteiger partial charge on any atom is 0.126 e. The van der Waals surface area contributed by atoms with Gasteiger partial charge in [-0.3, -0.25) is 0 Å². The second-order valence-corrected chi connectivity index (χ2v) is 8.70. The molecular formula is C21H23FO5S. The molecule has 0 aliphatic carbocycles. The smallest absolute Gasteiger partial charge is 0.126 e. The fraction of sp³-hybridized carbons (Fsp3) is 0.429. The molecule has 6 atom stereocenters. The minimum absolute atomic E-state index is 0.219. The van der Waals surface area contributed by atoms with E-state index in [9.17, 15) is 24.8 Å². The summed E-state index contributed by atoms with van der Waals surface area (Å²) in [5.74, 6) is -0.329. The number of fused-ring (bicyclic) bond motifs is 1. The van der Waals surface area contributed by atoms with Crippen molar-refractivity contribution in [3.05, 3.63) is 65.0 Å². The van der Waals surface area contributed by atoms with Gasteiger partial charge in [-0.2, -0.15) is 0 Å². The van der Waals surface area contributed by atoms with Gasteiger partial charge in [0.05, 0.1) is 6.61 Å². The van der Waals surface area contributed by atoms with Gasteiger partial charge in [-0.05, 0) is 41.7 Å². The zero-order valence-electron chi connectivity index (χ0n) is 15.1. The first-order chi connectivity index (χ1) is 13.5. The van der Waals surface area contributed by atoms with E-state index in [1.807, 2.05) is 12.1 Å². The molecule has 2 aliphatic heterocycles. The molecule has 2 aromatic carbocycles. The van der Waals surface area contributed by atoms with E-state index in [-0.39, 0.29) is 11.1 Å². The Morgan fingerprint density at radius 1 is 1.04 bits per heavy atom. The molecule has 1 saturated heterocycles. The summed E-state index contributed by atoms with van der Waals surface area (Å²) < 4.78 is 20.1. The molecule has 7 heteroatoms. The number of ether oxygens (including phenoxy) is 1. The van der Waals surface area contributed by atoms with E-state index in [4.69, 9.17) is 4.74 Å². The highest BCUT2D eigenvalue weighted by Crippen LogP contribution is 2.39. The fourth-order valence-electron chi connectivity index (χ4n) is 3.92. The van der Waals surface area contributed by atoms with E-state index in [1.165, 1.54) is 22.6 Å². The third-order valence-electron chi connectivity index (χ3n) is 5.45. The molecule has 2 aliphatic rings. The van der Waals surface area contributed by atoms with Crippen LogP contribution in [-0.4, -0.2) is 56.7 Å².